The maximum Gasteiger partial charge on any atom is 0.490 e. The lowest BCUT2D eigenvalue weighted by atomic mass is 10.1. The van der Waals surface area contributed by atoms with E-state index in [9.17, 15) is 33.3 Å². The Morgan fingerprint density at radius 2 is 1.91 bits per heavy atom. The lowest BCUT2D eigenvalue weighted by Gasteiger charge is -2.31. The molecule has 0 aromatic carbocycles. The molecule has 1 aliphatic rings. The van der Waals surface area contributed by atoms with Gasteiger partial charge in [0.1, 0.15) is 6.10 Å². The molecule has 0 spiro atoms. The molecule has 2 unspecified atom stereocenters. The predicted molar refractivity (Wildman–Crippen MR) is 101 cm³/mol. The molecule has 0 bridgehead atoms. The highest BCUT2D eigenvalue weighted by atomic mass is 31.3. The average molecular weight is 521 g/mol. The Balaban J connectivity index is 2.18. The predicted octanol–water partition coefficient (Wildman–Crippen LogP) is -2.14. The van der Waals surface area contributed by atoms with Crippen LogP contribution < -0.4 is 16.6 Å². The van der Waals surface area contributed by atoms with Gasteiger partial charge in [0.25, 0.3) is 5.56 Å². The maximum atomic E-state index is 12.2. The van der Waals surface area contributed by atoms with Crippen LogP contribution in [0.3, 0.4) is 0 Å². The van der Waals surface area contributed by atoms with E-state index in [0.29, 0.717) is 0 Å². The van der Waals surface area contributed by atoms with Gasteiger partial charge < -0.3 is 29.4 Å². The Morgan fingerprint density at radius 3 is 2.47 bits per heavy atom. The Labute approximate surface area is 178 Å². The van der Waals surface area contributed by atoms with Crippen molar-refractivity contribution in [3.05, 3.63) is 33.1 Å². The van der Waals surface area contributed by atoms with Gasteiger partial charge in [-0.3, -0.25) is 24.2 Å². The molecule has 0 saturated carbocycles. The topological polar surface area (TPSA) is 256 Å². The zero-order valence-electron chi connectivity index (χ0n) is 15.7. The summed E-state index contributed by atoms with van der Waals surface area (Å²) in [7, 11) is -16.8. The second-order valence-electron chi connectivity index (χ2n) is 6.14. The van der Waals surface area contributed by atoms with Crippen LogP contribution in [0.15, 0.2) is 21.9 Å². The molecule has 32 heavy (non-hydrogen) atoms. The van der Waals surface area contributed by atoms with Crippen LogP contribution in [0.25, 0.3) is 0 Å². The molecule has 7 N–H and O–H groups in total. The van der Waals surface area contributed by atoms with Crippen molar-refractivity contribution in [2.75, 3.05) is 13.2 Å². The Morgan fingerprint density at radius 1 is 1.25 bits per heavy atom. The highest BCUT2D eigenvalue weighted by Crippen LogP contribution is 2.66. The van der Waals surface area contributed by atoms with E-state index < -0.39 is 59.4 Å². The van der Waals surface area contributed by atoms with Crippen molar-refractivity contribution in [3.8, 4) is 12.3 Å². The number of H-pyrrole nitrogens is 1. The van der Waals surface area contributed by atoms with Gasteiger partial charge in [-0.25, -0.2) is 18.5 Å². The fraction of sp³-hybridized carbons (Fsp3) is 0.500. The smallest absolute Gasteiger partial charge is 0.390 e. The zero-order chi connectivity index (χ0) is 24.4. The van der Waals surface area contributed by atoms with Gasteiger partial charge in [-0.15, -0.1) is 6.42 Å². The third-order valence-electron chi connectivity index (χ3n) is 3.76. The number of phosphoric acid groups is 3. The summed E-state index contributed by atoms with van der Waals surface area (Å²) < 4.78 is 51.8. The highest BCUT2D eigenvalue weighted by molar-refractivity contribution is 7.66. The van der Waals surface area contributed by atoms with Crippen molar-refractivity contribution in [1.29, 1.82) is 0 Å². The van der Waals surface area contributed by atoms with Crippen LogP contribution in [0.1, 0.15) is 6.42 Å². The molecule has 1 aromatic rings. The summed E-state index contributed by atoms with van der Waals surface area (Å²) in [5, 5.41) is 12.9. The molecular weight excluding hydrogens is 503 g/mol. The van der Waals surface area contributed by atoms with Crippen molar-refractivity contribution < 1.29 is 56.3 Å². The normalized spacial score (nSPS) is 27.4. The number of terminal acetylenes is 1. The van der Waals surface area contributed by atoms with Gasteiger partial charge in [0.05, 0.1) is 19.3 Å². The van der Waals surface area contributed by atoms with Gasteiger partial charge in [-0.2, -0.15) is 8.62 Å². The largest absolute Gasteiger partial charge is 0.490 e. The molecule has 2 heterocycles. The van der Waals surface area contributed by atoms with Crippen LogP contribution in [-0.4, -0.2) is 59.6 Å². The lowest BCUT2D eigenvalue weighted by Crippen LogP contribution is -2.53. The fourth-order valence-electron chi connectivity index (χ4n) is 2.65. The molecule has 17 nitrogen and oxygen atoms in total. The van der Waals surface area contributed by atoms with Crippen LogP contribution in [0, 0.1) is 12.3 Å². The monoisotopic (exact) mass is 521 g/mol. The van der Waals surface area contributed by atoms with Crippen LogP contribution in [-0.2, 0) is 37.4 Å². The fourth-order valence-corrected chi connectivity index (χ4v) is 5.68. The third-order valence-corrected chi connectivity index (χ3v) is 7.56. The van der Waals surface area contributed by atoms with E-state index in [1.54, 1.807) is 0 Å². The van der Waals surface area contributed by atoms with Crippen LogP contribution in [0.5, 0.6) is 0 Å². The third kappa shape index (κ3) is 7.27. The molecule has 2 rings (SSSR count). The average Bonchev–Trinajstić information content (AvgIpc) is 2.91. The number of phosphoric ester groups is 1. The van der Waals surface area contributed by atoms with E-state index in [1.807, 2.05) is 4.98 Å². The summed E-state index contributed by atoms with van der Waals surface area (Å²) in [6.07, 6.45) is 2.94. The molecule has 0 aliphatic carbocycles. The van der Waals surface area contributed by atoms with E-state index in [-0.39, 0.29) is 13.0 Å². The van der Waals surface area contributed by atoms with Crippen molar-refractivity contribution in [3.63, 3.8) is 0 Å². The number of rotatable bonds is 10. The Hall–Kier alpha value is -1.47. The first-order valence-electron chi connectivity index (χ1n) is 8.23. The van der Waals surface area contributed by atoms with E-state index in [4.69, 9.17) is 25.8 Å². The summed E-state index contributed by atoms with van der Waals surface area (Å²) in [4.78, 5) is 61.1. The quantitative estimate of drug-likeness (QED) is 0.128. The molecule has 5 atom stereocenters. The number of aliphatic hydroxyl groups excluding tert-OH is 1. The minimum atomic E-state index is -5.73. The molecule has 180 valence electrons. The first-order valence-corrected chi connectivity index (χ1v) is 12.8. The minimum absolute atomic E-state index is 0.180. The summed E-state index contributed by atoms with van der Waals surface area (Å²) in [6.45, 7) is -1.15. The number of aromatic nitrogens is 2. The van der Waals surface area contributed by atoms with Crippen molar-refractivity contribution in [2.24, 2.45) is 0 Å². The number of ether oxygens (including phenoxy) is 1. The number of nitrogens with zero attached hydrogens (tertiary/aromatic N) is 1. The number of hydrogen-bond donors (Lipinski definition) is 7. The molecule has 1 aliphatic heterocycles. The Bertz CT molecular complexity index is 1140. The maximum absolute atomic E-state index is 12.2. The van der Waals surface area contributed by atoms with Gasteiger partial charge in [0, 0.05) is 18.7 Å². The molecule has 1 aromatic heterocycles. The van der Waals surface area contributed by atoms with E-state index >= 15 is 0 Å². The minimum Gasteiger partial charge on any atom is -0.390 e. The van der Waals surface area contributed by atoms with E-state index in [0.717, 1.165) is 16.8 Å². The Kier molecular flexibility index (Phi) is 8.20. The molecule has 20 heteroatoms. The van der Waals surface area contributed by atoms with Gasteiger partial charge in [0.15, 0.2) is 0 Å². The molecular formula is C12H18N3O14P3. The standard InChI is InChI=1S/C12H18N3O14P3/c1-2-4-13-12(15-5-3-10(17)14-11(15)18)6-8(16)9(27-12)7-26-31(22,23)29-32(24,25)28-30(19,20)21/h1,3,5,8-9,13,16H,4,6-7H2,(H,22,23)(H,24,25)(H,14,17,18)(H2,19,20,21)/t8-,9+,12-/m0/s1. The lowest BCUT2D eigenvalue weighted by molar-refractivity contribution is -0.137. The van der Waals surface area contributed by atoms with Crippen molar-refractivity contribution >= 4 is 23.5 Å². The zero-order valence-corrected chi connectivity index (χ0v) is 18.4. The highest BCUT2D eigenvalue weighted by Gasteiger charge is 2.49. The van der Waals surface area contributed by atoms with Gasteiger partial charge >= 0.3 is 29.2 Å². The molecule has 0 amide bonds. The van der Waals surface area contributed by atoms with Gasteiger partial charge in [-0.05, 0) is 0 Å². The van der Waals surface area contributed by atoms with Crippen molar-refractivity contribution in [2.45, 2.75) is 24.5 Å². The second-order valence-corrected chi connectivity index (χ2v) is 10.6. The van der Waals surface area contributed by atoms with Crippen LogP contribution >= 0.6 is 23.5 Å². The molecule has 0 radical (unpaired) electrons. The summed E-state index contributed by atoms with van der Waals surface area (Å²) >= 11 is 0. The van der Waals surface area contributed by atoms with E-state index in [1.165, 1.54) is 0 Å². The molecule has 1 fully saturated rings. The summed E-state index contributed by atoms with van der Waals surface area (Å²) in [5.74, 6) is 0.396. The van der Waals surface area contributed by atoms with Crippen LogP contribution in [0.2, 0.25) is 0 Å². The van der Waals surface area contributed by atoms with E-state index in [2.05, 4.69) is 24.4 Å². The molecule has 1 saturated heterocycles. The number of aromatic amines is 1. The SMILES string of the molecule is C#CCN[C@]1(n2ccc(=O)[nH]c2=O)C[C@H](O)[C@@H](COP(=O)(O)OP(=O)(O)OP(=O)(O)O)O1. The number of nitrogens with one attached hydrogen (secondary N) is 2. The van der Waals surface area contributed by atoms with Gasteiger partial charge in [0.2, 0.25) is 5.85 Å². The summed E-state index contributed by atoms with van der Waals surface area (Å²) in [6, 6.07) is 0.982. The second kappa shape index (κ2) is 9.80. The number of aliphatic hydroxyl groups is 1. The first-order chi connectivity index (χ1) is 14.6. The number of hydrogen-bond acceptors (Lipinski definition) is 11. The van der Waals surface area contributed by atoms with Crippen molar-refractivity contribution in [1.82, 2.24) is 14.9 Å². The summed E-state index contributed by atoms with van der Waals surface area (Å²) in [5.41, 5.74) is -1.66. The van der Waals surface area contributed by atoms with Crippen LogP contribution in [0.4, 0.5) is 0 Å². The van der Waals surface area contributed by atoms with Gasteiger partial charge in [-0.1, -0.05) is 5.92 Å². The first kappa shape index (κ1) is 26.8.